The molecule has 2 N–H and O–H groups in total. The highest BCUT2D eigenvalue weighted by Crippen LogP contribution is 2.05. The van der Waals surface area contributed by atoms with Gasteiger partial charge in [-0.3, -0.25) is 4.79 Å². The van der Waals surface area contributed by atoms with Crippen LogP contribution in [0.25, 0.3) is 0 Å². The molecule has 3 nitrogen and oxygen atoms in total. The van der Waals surface area contributed by atoms with Crippen molar-refractivity contribution in [3.63, 3.8) is 0 Å². The van der Waals surface area contributed by atoms with Crippen LogP contribution in [0.2, 0.25) is 0 Å². The Hall–Kier alpha value is -1.42. The van der Waals surface area contributed by atoms with E-state index in [0.717, 1.165) is 0 Å². The highest BCUT2D eigenvalue weighted by molar-refractivity contribution is 5.78. The summed E-state index contributed by atoms with van der Waals surface area (Å²) in [6.45, 7) is 6.29. The van der Waals surface area contributed by atoms with E-state index < -0.39 is 0 Å². The van der Waals surface area contributed by atoms with Crippen LogP contribution in [0.5, 0.6) is 0 Å². The van der Waals surface area contributed by atoms with E-state index in [-0.39, 0.29) is 23.8 Å². The molecular formula is C13H19FN2O. The zero-order valence-electron chi connectivity index (χ0n) is 10.5. The van der Waals surface area contributed by atoms with Crippen molar-refractivity contribution >= 4 is 5.91 Å². The van der Waals surface area contributed by atoms with E-state index in [1.807, 2.05) is 20.8 Å². The molecule has 0 fully saturated rings. The van der Waals surface area contributed by atoms with Gasteiger partial charge in [-0.2, -0.15) is 0 Å². The van der Waals surface area contributed by atoms with Crippen LogP contribution in [0.1, 0.15) is 26.3 Å². The minimum atomic E-state index is -0.253. The number of nitrogens with one attached hydrogen (secondary N) is 2. The summed E-state index contributed by atoms with van der Waals surface area (Å²) in [6.07, 6.45) is 0. The lowest BCUT2D eigenvalue weighted by atomic mass is 10.1. The van der Waals surface area contributed by atoms with Gasteiger partial charge in [-0.05, 0) is 26.8 Å². The number of rotatable bonds is 4. The highest BCUT2D eigenvalue weighted by Gasteiger charge is 2.13. The smallest absolute Gasteiger partial charge is 0.234 e. The Labute approximate surface area is 101 Å². The molecule has 0 aromatic heterocycles. The lowest BCUT2D eigenvalue weighted by Gasteiger charge is -2.20. The van der Waals surface area contributed by atoms with Gasteiger partial charge < -0.3 is 10.6 Å². The maximum atomic E-state index is 13.2. The molecule has 4 heteroatoms. The first-order valence-corrected chi connectivity index (χ1v) is 5.63. The van der Waals surface area contributed by atoms with Crippen molar-refractivity contribution in [3.05, 3.63) is 35.6 Å². The third kappa shape index (κ3) is 5.45. The van der Waals surface area contributed by atoms with Crippen molar-refractivity contribution in [2.24, 2.45) is 0 Å². The molecule has 0 aliphatic rings. The number of hydrogen-bond acceptors (Lipinski definition) is 2. The van der Waals surface area contributed by atoms with E-state index in [4.69, 9.17) is 0 Å². The molecule has 17 heavy (non-hydrogen) atoms. The van der Waals surface area contributed by atoms with Gasteiger partial charge in [0, 0.05) is 17.6 Å². The number of carbonyl (C=O) groups is 1. The van der Waals surface area contributed by atoms with Crippen LogP contribution in [0, 0.1) is 5.82 Å². The average Bonchev–Trinajstić information content (AvgIpc) is 2.18. The standard InChI is InChI=1S/C13H19FN2O/c1-13(2,3)16-12(17)9-15-8-10-6-4-5-7-11(10)14/h4-7,15H,8-9H2,1-3H3,(H,16,17). The van der Waals surface area contributed by atoms with Crippen molar-refractivity contribution in [2.75, 3.05) is 6.54 Å². The van der Waals surface area contributed by atoms with Crippen LogP contribution < -0.4 is 10.6 Å². The SMILES string of the molecule is CC(C)(C)NC(=O)CNCc1ccccc1F. The number of amides is 1. The van der Waals surface area contributed by atoms with Gasteiger partial charge in [-0.1, -0.05) is 18.2 Å². The fraction of sp³-hybridized carbons (Fsp3) is 0.462. The summed E-state index contributed by atoms with van der Waals surface area (Å²) in [5, 5.41) is 5.74. The van der Waals surface area contributed by atoms with Crippen LogP contribution in [0.4, 0.5) is 4.39 Å². The minimum absolute atomic E-state index is 0.0890. The molecule has 0 unspecified atom stereocenters. The van der Waals surface area contributed by atoms with Gasteiger partial charge in [-0.15, -0.1) is 0 Å². The van der Waals surface area contributed by atoms with Crippen molar-refractivity contribution in [3.8, 4) is 0 Å². The largest absolute Gasteiger partial charge is 0.350 e. The van der Waals surface area contributed by atoms with E-state index in [0.29, 0.717) is 12.1 Å². The van der Waals surface area contributed by atoms with Crippen molar-refractivity contribution in [1.82, 2.24) is 10.6 Å². The van der Waals surface area contributed by atoms with Crippen molar-refractivity contribution in [1.29, 1.82) is 0 Å². The third-order valence-electron chi connectivity index (χ3n) is 2.07. The average molecular weight is 238 g/mol. The zero-order valence-corrected chi connectivity index (χ0v) is 10.5. The number of halogens is 1. The second-order valence-electron chi connectivity index (χ2n) is 4.99. The maximum absolute atomic E-state index is 13.2. The van der Waals surface area contributed by atoms with Gasteiger partial charge in [0.15, 0.2) is 0 Å². The van der Waals surface area contributed by atoms with Gasteiger partial charge in [-0.25, -0.2) is 4.39 Å². The van der Waals surface area contributed by atoms with Crippen LogP contribution in [0.15, 0.2) is 24.3 Å². The molecule has 0 bridgehead atoms. The Kier molecular flexibility index (Phi) is 4.63. The molecule has 0 saturated carbocycles. The maximum Gasteiger partial charge on any atom is 0.234 e. The fourth-order valence-electron chi connectivity index (χ4n) is 1.41. The molecular weight excluding hydrogens is 219 g/mol. The van der Waals surface area contributed by atoms with Gasteiger partial charge in [0.25, 0.3) is 0 Å². The summed E-state index contributed by atoms with van der Waals surface area (Å²) >= 11 is 0. The van der Waals surface area contributed by atoms with Crippen molar-refractivity contribution in [2.45, 2.75) is 32.9 Å². The summed E-state index contributed by atoms with van der Waals surface area (Å²) in [7, 11) is 0. The predicted molar refractivity (Wildman–Crippen MR) is 66.0 cm³/mol. The van der Waals surface area contributed by atoms with Gasteiger partial charge in [0.1, 0.15) is 5.82 Å². The molecule has 0 heterocycles. The Morgan fingerprint density at radius 1 is 1.29 bits per heavy atom. The third-order valence-corrected chi connectivity index (χ3v) is 2.07. The lowest BCUT2D eigenvalue weighted by molar-refractivity contribution is -0.121. The highest BCUT2D eigenvalue weighted by atomic mass is 19.1. The first-order valence-electron chi connectivity index (χ1n) is 5.63. The Morgan fingerprint density at radius 2 is 1.94 bits per heavy atom. The molecule has 0 radical (unpaired) electrons. The summed E-state index contributed by atoms with van der Waals surface area (Å²) in [4.78, 5) is 11.5. The van der Waals surface area contributed by atoms with Crippen LogP contribution in [0.3, 0.4) is 0 Å². The summed E-state index contributed by atoms with van der Waals surface area (Å²) < 4.78 is 13.2. The van der Waals surface area contributed by atoms with E-state index in [1.165, 1.54) is 6.07 Å². The summed E-state index contributed by atoms with van der Waals surface area (Å²) in [6, 6.07) is 6.52. The number of hydrogen-bond donors (Lipinski definition) is 2. The minimum Gasteiger partial charge on any atom is -0.350 e. The lowest BCUT2D eigenvalue weighted by Crippen LogP contribution is -2.44. The molecule has 0 aliphatic carbocycles. The number of carbonyl (C=O) groups excluding carboxylic acids is 1. The Morgan fingerprint density at radius 3 is 2.53 bits per heavy atom. The molecule has 1 aromatic carbocycles. The van der Waals surface area contributed by atoms with Crippen molar-refractivity contribution < 1.29 is 9.18 Å². The normalized spacial score (nSPS) is 11.3. The molecule has 1 amide bonds. The second-order valence-corrected chi connectivity index (χ2v) is 4.99. The molecule has 1 aromatic rings. The molecule has 0 saturated heterocycles. The quantitative estimate of drug-likeness (QED) is 0.840. The predicted octanol–water partition coefficient (Wildman–Crippen LogP) is 1.83. The molecule has 0 aliphatic heterocycles. The van der Waals surface area contributed by atoms with Gasteiger partial charge >= 0.3 is 0 Å². The monoisotopic (exact) mass is 238 g/mol. The topological polar surface area (TPSA) is 41.1 Å². The molecule has 0 atom stereocenters. The summed E-state index contributed by atoms with van der Waals surface area (Å²) in [5.74, 6) is -0.343. The zero-order chi connectivity index (χ0) is 12.9. The van der Waals surface area contributed by atoms with E-state index in [9.17, 15) is 9.18 Å². The summed E-state index contributed by atoms with van der Waals surface area (Å²) in [5.41, 5.74) is 0.326. The Balaban J connectivity index is 2.34. The van der Waals surface area contributed by atoms with E-state index >= 15 is 0 Å². The molecule has 1 rings (SSSR count). The molecule has 94 valence electrons. The first kappa shape index (κ1) is 13.6. The molecule has 0 spiro atoms. The first-order chi connectivity index (χ1) is 7.88. The second kappa shape index (κ2) is 5.77. The fourth-order valence-corrected chi connectivity index (χ4v) is 1.41. The van der Waals surface area contributed by atoms with Gasteiger partial charge in [0.2, 0.25) is 5.91 Å². The van der Waals surface area contributed by atoms with Gasteiger partial charge in [0.05, 0.1) is 6.54 Å². The van der Waals surface area contributed by atoms with E-state index in [1.54, 1.807) is 18.2 Å². The van der Waals surface area contributed by atoms with Crippen LogP contribution in [-0.4, -0.2) is 18.0 Å². The van der Waals surface area contributed by atoms with Crippen LogP contribution in [-0.2, 0) is 11.3 Å². The van der Waals surface area contributed by atoms with E-state index in [2.05, 4.69) is 10.6 Å². The Bertz CT molecular complexity index is 385. The van der Waals surface area contributed by atoms with Crippen LogP contribution >= 0.6 is 0 Å². The number of benzene rings is 1.